The molecule has 84 valence electrons. The summed E-state index contributed by atoms with van der Waals surface area (Å²) in [6.07, 6.45) is 6.80. The molecule has 0 radical (unpaired) electrons. The van der Waals surface area contributed by atoms with Crippen LogP contribution >= 0.6 is 0 Å². The summed E-state index contributed by atoms with van der Waals surface area (Å²) in [5.74, 6) is 0.729. The van der Waals surface area contributed by atoms with Crippen LogP contribution in [0.4, 0.5) is 0 Å². The SMILES string of the molecule is CCC(O)(CC)CC1CCCC1(C)C. The van der Waals surface area contributed by atoms with E-state index in [0.717, 1.165) is 25.2 Å². The van der Waals surface area contributed by atoms with Crippen LogP contribution in [-0.4, -0.2) is 10.7 Å². The predicted molar refractivity (Wildman–Crippen MR) is 61.3 cm³/mol. The summed E-state index contributed by atoms with van der Waals surface area (Å²) >= 11 is 0. The van der Waals surface area contributed by atoms with Gasteiger partial charge in [0.15, 0.2) is 0 Å². The predicted octanol–water partition coefficient (Wildman–Crippen LogP) is 3.75. The second-order valence-corrected chi connectivity index (χ2v) is 5.71. The molecule has 1 aliphatic rings. The third-order valence-corrected chi connectivity index (χ3v) is 4.42. The summed E-state index contributed by atoms with van der Waals surface area (Å²) in [6.45, 7) is 8.92. The molecule has 1 atom stereocenters. The highest BCUT2D eigenvalue weighted by molar-refractivity contribution is 4.90. The molecule has 1 nitrogen and oxygen atoms in total. The van der Waals surface area contributed by atoms with E-state index in [1.807, 2.05) is 0 Å². The quantitative estimate of drug-likeness (QED) is 0.729. The molecular weight excluding hydrogens is 172 g/mol. The van der Waals surface area contributed by atoms with Crippen molar-refractivity contribution in [3.63, 3.8) is 0 Å². The summed E-state index contributed by atoms with van der Waals surface area (Å²) in [5, 5.41) is 10.3. The molecule has 0 spiro atoms. The zero-order valence-corrected chi connectivity index (χ0v) is 10.3. The Hall–Kier alpha value is -0.0400. The van der Waals surface area contributed by atoms with Crippen molar-refractivity contribution in [2.45, 2.75) is 71.8 Å². The average molecular weight is 198 g/mol. The molecule has 1 heteroatoms. The molecular formula is C13H26O. The summed E-state index contributed by atoms with van der Waals surface area (Å²) in [6, 6.07) is 0. The molecule has 1 aliphatic carbocycles. The van der Waals surface area contributed by atoms with E-state index in [-0.39, 0.29) is 0 Å². The van der Waals surface area contributed by atoms with Crippen molar-refractivity contribution in [1.29, 1.82) is 0 Å². The van der Waals surface area contributed by atoms with Gasteiger partial charge in [-0.05, 0) is 43.4 Å². The van der Waals surface area contributed by atoms with Gasteiger partial charge in [0.1, 0.15) is 0 Å². The maximum atomic E-state index is 10.3. The number of hydrogen-bond donors (Lipinski definition) is 1. The molecule has 0 aromatic carbocycles. The lowest BCUT2D eigenvalue weighted by molar-refractivity contribution is -0.00611. The van der Waals surface area contributed by atoms with E-state index < -0.39 is 5.60 Å². The summed E-state index contributed by atoms with van der Waals surface area (Å²) in [4.78, 5) is 0. The van der Waals surface area contributed by atoms with Gasteiger partial charge in [0.2, 0.25) is 0 Å². The highest BCUT2D eigenvalue weighted by Gasteiger charge is 2.38. The van der Waals surface area contributed by atoms with Crippen molar-refractivity contribution in [1.82, 2.24) is 0 Å². The van der Waals surface area contributed by atoms with Crippen molar-refractivity contribution < 1.29 is 5.11 Å². The van der Waals surface area contributed by atoms with Crippen LogP contribution < -0.4 is 0 Å². The molecule has 0 aromatic heterocycles. The zero-order chi connectivity index (χ0) is 10.8. The second-order valence-electron chi connectivity index (χ2n) is 5.71. The van der Waals surface area contributed by atoms with Gasteiger partial charge < -0.3 is 5.11 Å². The minimum atomic E-state index is -0.397. The van der Waals surface area contributed by atoms with Crippen molar-refractivity contribution in [2.75, 3.05) is 0 Å². The molecule has 0 heterocycles. The van der Waals surface area contributed by atoms with Crippen LogP contribution in [0.1, 0.15) is 66.2 Å². The van der Waals surface area contributed by atoms with E-state index >= 15 is 0 Å². The van der Waals surface area contributed by atoms with Crippen molar-refractivity contribution in [3.05, 3.63) is 0 Å². The first-order valence-electron chi connectivity index (χ1n) is 6.16. The fourth-order valence-electron chi connectivity index (χ4n) is 2.77. The zero-order valence-electron chi connectivity index (χ0n) is 10.3. The first kappa shape index (κ1) is 12.0. The Morgan fingerprint density at radius 1 is 1.29 bits per heavy atom. The van der Waals surface area contributed by atoms with Gasteiger partial charge in [-0.15, -0.1) is 0 Å². The number of aliphatic hydroxyl groups is 1. The first-order valence-corrected chi connectivity index (χ1v) is 6.16. The molecule has 1 rings (SSSR count). The van der Waals surface area contributed by atoms with E-state index in [1.165, 1.54) is 19.3 Å². The molecule has 0 aliphatic heterocycles. The van der Waals surface area contributed by atoms with Gasteiger partial charge in [-0.2, -0.15) is 0 Å². The molecule has 0 bridgehead atoms. The Morgan fingerprint density at radius 3 is 2.21 bits per heavy atom. The van der Waals surface area contributed by atoms with Gasteiger partial charge in [0.05, 0.1) is 5.60 Å². The molecule has 14 heavy (non-hydrogen) atoms. The topological polar surface area (TPSA) is 20.2 Å². The number of rotatable bonds is 4. The Morgan fingerprint density at radius 2 is 1.86 bits per heavy atom. The normalized spacial score (nSPS) is 26.8. The first-order chi connectivity index (χ1) is 6.43. The third-order valence-electron chi connectivity index (χ3n) is 4.42. The smallest absolute Gasteiger partial charge is 0.0645 e. The van der Waals surface area contributed by atoms with E-state index in [1.54, 1.807) is 0 Å². The van der Waals surface area contributed by atoms with Crippen LogP contribution in [0.2, 0.25) is 0 Å². The van der Waals surface area contributed by atoms with Gasteiger partial charge >= 0.3 is 0 Å². The Balaban J connectivity index is 2.59. The Labute approximate surface area is 88.9 Å². The van der Waals surface area contributed by atoms with Crippen LogP contribution in [-0.2, 0) is 0 Å². The minimum Gasteiger partial charge on any atom is -0.390 e. The van der Waals surface area contributed by atoms with Gasteiger partial charge in [-0.1, -0.05) is 34.1 Å². The largest absolute Gasteiger partial charge is 0.390 e. The summed E-state index contributed by atoms with van der Waals surface area (Å²) in [5.41, 5.74) is 0.0601. The average Bonchev–Trinajstić information content (AvgIpc) is 2.46. The van der Waals surface area contributed by atoms with Crippen LogP contribution in [0.5, 0.6) is 0 Å². The molecule has 1 saturated carbocycles. The second kappa shape index (κ2) is 4.22. The van der Waals surface area contributed by atoms with Crippen LogP contribution in [0.3, 0.4) is 0 Å². The van der Waals surface area contributed by atoms with Gasteiger partial charge in [0.25, 0.3) is 0 Å². The third kappa shape index (κ3) is 2.50. The Kier molecular flexibility index (Phi) is 3.63. The van der Waals surface area contributed by atoms with Crippen LogP contribution in [0.15, 0.2) is 0 Å². The van der Waals surface area contributed by atoms with E-state index in [2.05, 4.69) is 27.7 Å². The van der Waals surface area contributed by atoms with Gasteiger partial charge in [0, 0.05) is 0 Å². The highest BCUT2D eigenvalue weighted by Crippen LogP contribution is 2.47. The van der Waals surface area contributed by atoms with E-state index in [0.29, 0.717) is 5.41 Å². The fraction of sp³-hybridized carbons (Fsp3) is 1.00. The van der Waals surface area contributed by atoms with Gasteiger partial charge in [-0.25, -0.2) is 0 Å². The van der Waals surface area contributed by atoms with Crippen molar-refractivity contribution in [3.8, 4) is 0 Å². The molecule has 0 aromatic rings. The van der Waals surface area contributed by atoms with Crippen molar-refractivity contribution >= 4 is 0 Å². The number of hydrogen-bond acceptors (Lipinski definition) is 1. The molecule has 0 amide bonds. The molecule has 1 N–H and O–H groups in total. The van der Waals surface area contributed by atoms with Crippen LogP contribution in [0.25, 0.3) is 0 Å². The maximum Gasteiger partial charge on any atom is 0.0645 e. The lowest BCUT2D eigenvalue weighted by Crippen LogP contribution is -2.33. The lowest BCUT2D eigenvalue weighted by Gasteiger charge is -2.35. The molecule has 0 saturated heterocycles. The fourth-order valence-corrected chi connectivity index (χ4v) is 2.77. The van der Waals surface area contributed by atoms with Crippen molar-refractivity contribution in [2.24, 2.45) is 11.3 Å². The molecule has 1 fully saturated rings. The highest BCUT2D eigenvalue weighted by atomic mass is 16.3. The standard InChI is InChI=1S/C13H26O/c1-5-13(14,6-2)10-11-8-7-9-12(11,3)4/h11,14H,5-10H2,1-4H3. The van der Waals surface area contributed by atoms with Gasteiger partial charge in [-0.3, -0.25) is 0 Å². The molecule has 1 unspecified atom stereocenters. The lowest BCUT2D eigenvalue weighted by atomic mass is 9.74. The Bertz CT molecular complexity index is 180. The maximum absolute atomic E-state index is 10.3. The summed E-state index contributed by atoms with van der Waals surface area (Å²) < 4.78 is 0. The van der Waals surface area contributed by atoms with E-state index in [4.69, 9.17) is 0 Å². The minimum absolute atomic E-state index is 0.397. The van der Waals surface area contributed by atoms with E-state index in [9.17, 15) is 5.11 Å². The van der Waals surface area contributed by atoms with Crippen LogP contribution in [0, 0.1) is 11.3 Å². The monoisotopic (exact) mass is 198 g/mol. The summed E-state index contributed by atoms with van der Waals surface area (Å²) in [7, 11) is 0.